The number of nitrogens with one attached hydrogen (secondary N) is 2. The van der Waals surface area contributed by atoms with Gasteiger partial charge in [-0.2, -0.15) is 4.98 Å². The van der Waals surface area contributed by atoms with Crippen LogP contribution in [0.25, 0.3) is 0 Å². The lowest BCUT2D eigenvalue weighted by molar-refractivity contribution is 0.521. The Hall–Kier alpha value is -3.13. The molecule has 0 aliphatic heterocycles. The van der Waals surface area contributed by atoms with E-state index in [0.29, 0.717) is 23.4 Å². The molecule has 13 heteroatoms. The number of nitrogens with zero attached hydrogens (tertiary/aromatic N) is 3. The quantitative estimate of drug-likeness (QED) is 0.545. The van der Waals surface area contributed by atoms with Crippen molar-refractivity contribution >= 4 is 37.5 Å². The number of aromatic nitrogens is 2. The molecule has 0 saturated carbocycles. The molecule has 1 aromatic carbocycles. The summed E-state index contributed by atoms with van der Waals surface area (Å²) in [4.78, 5) is 7.99. The SMILES string of the molecule is CN(C)S(=O)(=O)c1cccc(Nc2nc(NC3=C/C(=C/S(N)(=O)=O)CC=C3)ncc2F)c1. The zero-order chi connectivity index (χ0) is 23.5. The normalized spacial score (nSPS) is 15.7. The van der Waals surface area contributed by atoms with Crippen LogP contribution in [0.5, 0.6) is 0 Å². The second kappa shape index (κ2) is 9.16. The first-order valence-corrected chi connectivity index (χ1v) is 12.2. The van der Waals surface area contributed by atoms with Gasteiger partial charge in [-0.3, -0.25) is 0 Å². The summed E-state index contributed by atoms with van der Waals surface area (Å²) in [5, 5.41) is 11.6. The Morgan fingerprint density at radius 3 is 2.62 bits per heavy atom. The maximum absolute atomic E-state index is 14.3. The summed E-state index contributed by atoms with van der Waals surface area (Å²) in [5.41, 5.74) is 1.24. The van der Waals surface area contributed by atoms with Crippen LogP contribution in [-0.2, 0) is 20.0 Å². The zero-order valence-corrected chi connectivity index (χ0v) is 18.8. The van der Waals surface area contributed by atoms with E-state index in [-0.39, 0.29) is 16.7 Å². The molecule has 0 atom stereocenters. The number of halogens is 1. The number of allylic oxidation sites excluding steroid dienone is 4. The van der Waals surface area contributed by atoms with Gasteiger partial charge < -0.3 is 10.6 Å². The minimum absolute atomic E-state index is 0.0342. The Morgan fingerprint density at radius 2 is 1.94 bits per heavy atom. The first-order chi connectivity index (χ1) is 14.9. The molecule has 0 fully saturated rings. The van der Waals surface area contributed by atoms with Crippen molar-refractivity contribution in [1.29, 1.82) is 0 Å². The van der Waals surface area contributed by atoms with Crippen LogP contribution >= 0.6 is 0 Å². The van der Waals surface area contributed by atoms with E-state index in [1.165, 1.54) is 32.3 Å². The fraction of sp³-hybridized carbons (Fsp3) is 0.158. The molecule has 10 nitrogen and oxygen atoms in total. The fourth-order valence-electron chi connectivity index (χ4n) is 2.73. The Morgan fingerprint density at radius 1 is 1.19 bits per heavy atom. The number of sulfonamides is 2. The van der Waals surface area contributed by atoms with Gasteiger partial charge in [0.05, 0.1) is 11.1 Å². The van der Waals surface area contributed by atoms with E-state index in [0.717, 1.165) is 15.9 Å². The highest BCUT2D eigenvalue weighted by Crippen LogP contribution is 2.23. The summed E-state index contributed by atoms with van der Waals surface area (Å²) in [6.45, 7) is 0. The highest BCUT2D eigenvalue weighted by molar-refractivity contribution is 7.92. The van der Waals surface area contributed by atoms with Crippen LogP contribution < -0.4 is 15.8 Å². The second-order valence-electron chi connectivity index (χ2n) is 6.94. The molecular weight excluding hydrogens is 459 g/mol. The lowest BCUT2D eigenvalue weighted by atomic mass is 10.1. The molecule has 1 heterocycles. The third-order valence-corrected chi connectivity index (χ3v) is 6.63. The van der Waals surface area contributed by atoms with E-state index in [9.17, 15) is 21.2 Å². The van der Waals surface area contributed by atoms with E-state index < -0.39 is 25.9 Å². The Balaban J connectivity index is 1.85. The maximum Gasteiger partial charge on any atom is 0.242 e. The molecule has 3 rings (SSSR count). The molecule has 1 aliphatic carbocycles. The highest BCUT2D eigenvalue weighted by atomic mass is 32.2. The van der Waals surface area contributed by atoms with Gasteiger partial charge in [0, 0.05) is 30.9 Å². The van der Waals surface area contributed by atoms with E-state index >= 15 is 0 Å². The minimum atomic E-state index is -3.79. The van der Waals surface area contributed by atoms with Gasteiger partial charge in [0.1, 0.15) is 0 Å². The van der Waals surface area contributed by atoms with Crippen molar-refractivity contribution in [2.45, 2.75) is 11.3 Å². The molecule has 2 aromatic rings. The van der Waals surface area contributed by atoms with Crippen molar-refractivity contribution in [3.05, 3.63) is 71.2 Å². The summed E-state index contributed by atoms with van der Waals surface area (Å²) >= 11 is 0. The van der Waals surface area contributed by atoms with Crippen molar-refractivity contribution in [2.24, 2.45) is 5.14 Å². The van der Waals surface area contributed by atoms with Gasteiger partial charge in [0.15, 0.2) is 11.6 Å². The van der Waals surface area contributed by atoms with E-state index in [4.69, 9.17) is 5.14 Å². The summed E-state index contributed by atoms with van der Waals surface area (Å²) < 4.78 is 62.5. The van der Waals surface area contributed by atoms with E-state index in [2.05, 4.69) is 20.6 Å². The van der Waals surface area contributed by atoms with Gasteiger partial charge >= 0.3 is 0 Å². The number of benzene rings is 1. The lowest BCUT2D eigenvalue weighted by Crippen LogP contribution is -2.22. The van der Waals surface area contributed by atoms with Crippen LogP contribution in [0.3, 0.4) is 0 Å². The molecule has 0 spiro atoms. The van der Waals surface area contributed by atoms with Crippen molar-refractivity contribution in [3.8, 4) is 0 Å². The molecule has 0 radical (unpaired) electrons. The summed E-state index contributed by atoms with van der Waals surface area (Å²) in [6, 6.07) is 5.88. The lowest BCUT2D eigenvalue weighted by Gasteiger charge is -2.14. The Kier molecular flexibility index (Phi) is 6.74. The van der Waals surface area contributed by atoms with Crippen LogP contribution in [0.1, 0.15) is 6.42 Å². The fourth-order valence-corrected chi connectivity index (χ4v) is 4.26. The number of rotatable bonds is 7. The molecule has 0 unspecified atom stereocenters. The molecule has 4 N–H and O–H groups in total. The predicted molar refractivity (Wildman–Crippen MR) is 119 cm³/mol. The largest absolute Gasteiger partial charge is 0.338 e. The van der Waals surface area contributed by atoms with Crippen LogP contribution in [0, 0.1) is 5.82 Å². The molecule has 32 heavy (non-hydrogen) atoms. The number of nitrogens with two attached hydrogens (primary N) is 1. The molecule has 0 amide bonds. The van der Waals surface area contributed by atoms with Crippen molar-refractivity contribution in [1.82, 2.24) is 14.3 Å². The molecule has 0 bridgehead atoms. The second-order valence-corrected chi connectivity index (χ2v) is 10.5. The van der Waals surface area contributed by atoms with E-state index in [1.807, 2.05) is 0 Å². The van der Waals surface area contributed by atoms with Crippen LogP contribution in [-0.4, -0.2) is 45.2 Å². The van der Waals surface area contributed by atoms with E-state index in [1.54, 1.807) is 24.3 Å². The summed E-state index contributed by atoms with van der Waals surface area (Å²) in [7, 11) is -4.63. The van der Waals surface area contributed by atoms with Gasteiger partial charge in [0.25, 0.3) is 0 Å². The number of hydrogen-bond donors (Lipinski definition) is 3. The molecular formula is C19H21FN6O4S2. The standard InChI is InChI=1S/C19H21FN6O4S2/c1-26(2)32(29,30)16-8-4-7-15(10-16)23-18-17(20)11-22-19(25-18)24-14-6-3-5-13(9-14)12-31(21,27)28/h3-4,6-12H,5H2,1-2H3,(H2,21,27,28)(H2,22,23,24,25)/b13-12+. The predicted octanol–water partition coefficient (Wildman–Crippen LogP) is 2.04. The highest BCUT2D eigenvalue weighted by Gasteiger charge is 2.18. The average molecular weight is 481 g/mol. The van der Waals surface area contributed by atoms with Gasteiger partial charge in [0.2, 0.25) is 26.0 Å². The maximum atomic E-state index is 14.3. The number of hydrogen-bond acceptors (Lipinski definition) is 8. The molecule has 1 aromatic heterocycles. The number of anilines is 3. The summed E-state index contributed by atoms with van der Waals surface area (Å²) in [5.74, 6) is -0.888. The zero-order valence-electron chi connectivity index (χ0n) is 17.1. The Bertz CT molecular complexity index is 1340. The topological polar surface area (TPSA) is 147 Å². The molecule has 1 aliphatic rings. The van der Waals surface area contributed by atoms with Crippen LogP contribution in [0.2, 0.25) is 0 Å². The van der Waals surface area contributed by atoms with Crippen molar-refractivity contribution in [2.75, 3.05) is 24.7 Å². The van der Waals surface area contributed by atoms with Gasteiger partial charge in [-0.15, -0.1) is 0 Å². The molecule has 0 saturated heterocycles. The van der Waals surface area contributed by atoms with Gasteiger partial charge in [-0.1, -0.05) is 12.1 Å². The monoisotopic (exact) mass is 480 g/mol. The van der Waals surface area contributed by atoms with Crippen molar-refractivity contribution in [3.63, 3.8) is 0 Å². The Labute approximate surface area is 185 Å². The van der Waals surface area contributed by atoms with Crippen LogP contribution in [0.15, 0.2) is 70.3 Å². The van der Waals surface area contributed by atoms with Gasteiger partial charge in [-0.25, -0.2) is 35.7 Å². The molecule has 170 valence electrons. The van der Waals surface area contributed by atoms with Crippen molar-refractivity contribution < 1.29 is 21.2 Å². The summed E-state index contributed by atoms with van der Waals surface area (Å²) in [6.07, 6.45) is 6.30. The first kappa shape index (κ1) is 23.5. The smallest absolute Gasteiger partial charge is 0.242 e. The van der Waals surface area contributed by atoms with Gasteiger partial charge in [-0.05, 0) is 42.3 Å². The third kappa shape index (κ3) is 5.97. The van der Waals surface area contributed by atoms with Crippen LogP contribution in [0.4, 0.5) is 21.8 Å². The third-order valence-electron chi connectivity index (χ3n) is 4.18. The first-order valence-electron chi connectivity index (χ1n) is 9.15. The average Bonchev–Trinajstić information content (AvgIpc) is 2.69. The number of primary sulfonamides is 1. The minimum Gasteiger partial charge on any atom is -0.338 e.